The molecule has 2 aliphatic carbocycles. The molecule has 0 atom stereocenters. The number of rotatable bonds is 3. The Balaban J connectivity index is 1.26. The van der Waals surface area contributed by atoms with Gasteiger partial charge in [0, 0.05) is 32.7 Å². The van der Waals surface area contributed by atoms with Gasteiger partial charge in [0.1, 0.15) is 5.58 Å². The van der Waals surface area contributed by atoms with Gasteiger partial charge in [-0.1, -0.05) is 125 Å². The Hall–Kier alpha value is -5.60. The van der Waals surface area contributed by atoms with Gasteiger partial charge in [0.15, 0.2) is 5.58 Å². The smallest absolute Gasteiger partial charge is 0.159 e. The molecule has 1 heterocycles. The van der Waals surface area contributed by atoms with E-state index in [0.29, 0.717) is 0 Å². The molecule has 1 aromatic heterocycles. The molecule has 0 amide bonds. The van der Waals surface area contributed by atoms with E-state index in [2.05, 4.69) is 166 Å². The molecule has 10 rings (SSSR count). The molecule has 0 unspecified atom stereocenters. The van der Waals surface area contributed by atoms with Crippen LogP contribution >= 0.6 is 0 Å². The van der Waals surface area contributed by atoms with E-state index < -0.39 is 0 Å². The second-order valence-corrected chi connectivity index (χ2v) is 14.5. The first-order valence-corrected chi connectivity index (χ1v) is 16.9. The van der Waals surface area contributed by atoms with E-state index in [0.717, 1.165) is 39.0 Å². The van der Waals surface area contributed by atoms with Gasteiger partial charge in [-0.05, 0) is 92.4 Å². The maximum atomic E-state index is 6.63. The van der Waals surface area contributed by atoms with Crippen LogP contribution in [0.3, 0.4) is 0 Å². The van der Waals surface area contributed by atoms with Crippen molar-refractivity contribution in [2.75, 3.05) is 4.90 Å². The summed E-state index contributed by atoms with van der Waals surface area (Å²) < 4.78 is 6.63. The Labute approximate surface area is 280 Å². The highest BCUT2D eigenvalue weighted by Gasteiger charge is 2.40. The van der Waals surface area contributed by atoms with Crippen molar-refractivity contribution in [3.63, 3.8) is 0 Å². The molecule has 230 valence electrons. The minimum absolute atomic E-state index is 0.0590. The zero-order valence-electron chi connectivity index (χ0n) is 27.6. The predicted molar refractivity (Wildman–Crippen MR) is 201 cm³/mol. The predicted octanol–water partition coefficient (Wildman–Crippen LogP) is 12.8. The molecule has 8 aromatic rings. The highest BCUT2D eigenvalue weighted by atomic mass is 16.3. The Kier molecular flexibility index (Phi) is 5.44. The number of benzene rings is 7. The third kappa shape index (κ3) is 3.52. The lowest BCUT2D eigenvalue weighted by Crippen LogP contribution is -2.25. The largest absolute Gasteiger partial charge is 0.454 e. The fourth-order valence-electron chi connectivity index (χ4n) is 8.86. The highest BCUT2D eigenvalue weighted by Crippen LogP contribution is 2.57. The first-order chi connectivity index (χ1) is 23.3. The first kappa shape index (κ1) is 27.5. The summed E-state index contributed by atoms with van der Waals surface area (Å²) in [5.41, 5.74) is 15.8. The fraction of sp³-hybridized carbons (Fsp3) is 0.130. The van der Waals surface area contributed by atoms with Crippen molar-refractivity contribution in [1.82, 2.24) is 0 Å². The van der Waals surface area contributed by atoms with Gasteiger partial charge in [-0.15, -0.1) is 0 Å². The highest BCUT2D eigenvalue weighted by molar-refractivity contribution is 6.14. The van der Waals surface area contributed by atoms with E-state index in [4.69, 9.17) is 4.42 Å². The van der Waals surface area contributed by atoms with E-state index in [9.17, 15) is 0 Å². The van der Waals surface area contributed by atoms with Gasteiger partial charge in [0.05, 0.1) is 11.4 Å². The van der Waals surface area contributed by atoms with Crippen molar-refractivity contribution < 1.29 is 4.42 Å². The van der Waals surface area contributed by atoms with Crippen molar-refractivity contribution in [1.29, 1.82) is 0 Å². The minimum atomic E-state index is -0.187. The van der Waals surface area contributed by atoms with E-state index >= 15 is 0 Å². The quantitative estimate of drug-likeness (QED) is 0.196. The van der Waals surface area contributed by atoms with Crippen LogP contribution in [0.25, 0.3) is 55.0 Å². The molecule has 2 heteroatoms. The molecule has 0 saturated heterocycles. The molecular weight excluding hydrogens is 583 g/mol. The molecule has 0 radical (unpaired) electrons. The number of nitrogens with zero attached hydrogens (tertiary/aromatic N) is 1. The van der Waals surface area contributed by atoms with Crippen LogP contribution in [0.5, 0.6) is 0 Å². The van der Waals surface area contributed by atoms with E-state index in [1.54, 1.807) is 0 Å². The van der Waals surface area contributed by atoms with Gasteiger partial charge >= 0.3 is 0 Å². The summed E-state index contributed by atoms with van der Waals surface area (Å²) in [6.45, 7) is 9.56. The zero-order chi connectivity index (χ0) is 32.4. The number of hydrogen-bond acceptors (Lipinski definition) is 2. The number of fused-ring (bicyclic) bond motifs is 8. The summed E-state index contributed by atoms with van der Waals surface area (Å²) in [6, 6.07) is 51.1. The van der Waals surface area contributed by atoms with Gasteiger partial charge in [-0.3, -0.25) is 0 Å². The monoisotopic (exact) mass is 617 g/mol. The van der Waals surface area contributed by atoms with E-state index in [-0.39, 0.29) is 10.8 Å². The summed E-state index contributed by atoms with van der Waals surface area (Å²) >= 11 is 0. The van der Waals surface area contributed by atoms with Crippen molar-refractivity contribution in [3.05, 3.63) is 162 Å². The summed E-state index contributed by atoms with van der Waals surface area (Å²) in [4.78, 5) is 2.39. The maximum Gasteiger partial charge on any atom is 0.159 e. The molecule has 0 spiro atoms. The molecule has 2 aliphatic rings. The summed E-state index contributed by atoms with van der Waals surface area (Å²) in [6.07, 6.45) is 0. The van der Waals surface area contributed by atoms with E-state index in [1.807, 2.05) is 6.07 Å². The number of para-hydroxylation sites is 3. The van der Waals surface area contributed by atoms with Crippen molar-refractivity contribution in [2.24, 2.45) is 0 Å². The van der Waals surface area contributed by atoms with Crippen LogP contribution in [0, 0.1) is 0 Å². The fourth-order valence-corrected chi connectivity index (χ4v) is 8.86. The van der Waals surface area contributed by atoms with Crippen LogP contribution < -0.4 is 4.90 Å². The lowest BCUT2D eigenvalue weighted by Gasteiger charge is -2.37. The van der Waals surface area contributed by atoms with E-state index in [1.165, 1.54) is 55.3 Å². The SMILES string of the molecule is CC1(C)c2ccccc2-c2cc3c(cc21)-c1ccc(N(c2ccccc2)c2cccc4c2oc2ccccc24)c2cccc(c12)C3(C)C. The van der Waals surface area contributed by atoms with Crippen LogP contribution in [-0.4, -0.2) is 0 Å². The Bertz CT molecular complexity index is 2620. The first-order valence-electron chi connectivity index (χ1n) is 16.9. The molecule has 0 saturated carbocycles. The van der Waals surface area contributed by atoms with Gasteiger partial charge in [-0.2, -0.15) is 0 Å². The molecule has 7 aromatic carbocycles. The molecule has 48 heavy (non-hydrogen) atoms. The number of anilines is 3. The summed E-state index contributed by atoms with van der Waals surface area (Å²) in [7, 11) is 0. The van der Waals surface area contributed by atoms with Gasteiger partial charge < -0.3 is 9.32 Å². The molecular formula is C46H35NO. The van der Waals surface area contributed by atoms with Crippen LogP contribution in [-0.2, 0) is 10.8 Å². The Morgan fingerprint density at radius 2 is 1.06 bits per heavy atom. The summed E-state index contributed by atoms with van der Waals surface area (Å²) in [5.74, 6) is 0. The third-order valence-corrected chi connectivity index (χ3v) is 11.3. The second-order valence-electron chi connectivity index (χ2n) is 14.5. The zero-order valence-corrected chi connectivity index (χ0v) is 27.6. The van der Waals surface area contributed by atoms with Crippen molar-refractivity contribution >= 4 is 49.8 Å². The van der Waals surface area contributed by atoms with Crippen LogP contribution in [0.2, 0.25) is 0 Å². The van der Waals surface area contributed by atoms with Gasteiger partial charge in [-0.25, -0.2) is 0 Å². The lowest BCUT2D eigenvalue weighted by atomic mass is 9.67. The van der Waals surface area contributed by atoms with Crippen LogP contribution in [0.15, 0.2) is 144 Å². The number of furan rings is 1. The molecule has 0 fully saturated rings. The lowest BCUT2D eigenvalue weighted by molar-refractivity contribution is 0.639. The van der Waals surface area contributed by atoms with Crippen molar-refractivity contribution in [2.45, 2.75) is 38.5 Å². The minimum Gasteiger partial charge on any atom is -0.454 e. The molecule has 0 aliphatic heterocycles. The Morgan fingerprint density at radius 3 is 1.90 bits per heavy atom. The molecule has 0 N–H and O–H groups in total. The average molecular weight is 618 g/mol. The maximum absolute atomic E-state index is 6.63. The summed E-state index contributed by atoms with van der Waals surface area (Å²) in [5, 5.41) is 4.83. The van der Waals surface area contributed by atoms with Gasteiger partial charge in [0.25, 0.3) is 0 Å². The molecule has 0 bridgehead atoms. The normalized spacial score (nSPS) is 15.0. The van der Waals surface area contributed by atoms with Crippen LogP contribution in [0.4, 0.5) is 17.1 Å². The third-order valence-electron chi connectivity index (χ3n) is 11.3. The van der Waals surface area contributed by atoms with Crippen LogP contribution in [0.1, 0.15) is 49.9 Å². The molecule has 2 nitrogen and oxygen atoms in total. The standard InChI is InChI=1S/C46H35NO/c1-45(2)36-20-10-8-16-29(36)34-26-39-35(27-38(34)45)31-24-25-40(33-19-12-21-37(43(31)33)46(39,3)4)47(28-14-6-5-7-15-28)41-22-13-18-32-30-17-9-11-23-42(30)48-44(32)41/h5-27H,1-4H3. The topological polar surface area (TPSA) is 16.4 Å². The average Bonchev–Trinajstić information content (AvgIpc) is 3.60. The second kappa shape index (κ2) is 9.49. The Morgan fingerprint density at radius 1 is 0.438 bits per heavy atom. The van der Waals surface area contributed by atoms with Crippen molar-refractivity contribution in [3.8, 4) is 22.3 Å². The van der Waals surface area contributed by atoms with Gasteiger partial charge in [0.2, 0.25) is 0 Å². The number of hydrogen-bond donors (Lipinski definition) is 0.